The molecule has 1 aliphatic carbocycles. The molecule has 0 aromatic heterocycles. The van der Waals surface area contributed by atoms with Gasteiger partial charge in [-0.25, -0.2) is 0 Å². The van der Waals surface area contributed by atoms with Crippen molar-refractivity contribution < 1.29 is 35.4 Å². The van der Waals surface area contributed by atoms with Gasteiger partial charge in [-0.2, -0.15) is 0 Å². The molecule has 352 valence electrons. The number of aliphatic hydroxyl groups excluding tert-OH is 6. The number of hydrogen-bond acceptors (Lipinski definition) is 8. The maximum atomic E-state index is 13.0. The van der Waals surface area contributed by atoms with Crippen molar-refractivity contribution in [1.82, 2.24) is 10.6 Å². The van der Waals surface area contributed by atoms with Crippen molar-refractivity contribution in [3.05, 3.63) is 0 Å². The van der Waals surface area contributed by atoms with Gasteiger partial charge in [-0.3, -0.25) is 4.79 Å². The molecule has 8 atom stereocenters. The van der Waals surface area contributed by atoms with Crippen molar-refractivity contribution >= 4 is 5.91 Å². The van der Waals surface area contributed by atoms with E-state index in [0.29, 0.717) is 12.8 Å². The van der Waals surface area contributed by atoms with Gasteiger partial charge in [0.15, 0.2) is 0 Å². The van der Waals surface area contributed by atoms with Crippen LogP contribution in [-0.4, -0.2) is 91.8 Å². The normalized spacial score (nSPS) is 21.1. The zero-order valence-corrected chi connectivity index (χ0v) is 38.8. The molecule has 0 aliphatic heterocycles. The van der Waals surface area contributed by atoms with Crippen molar-refractivity contribution in [2.24, 2.45) is 0 Å². The minimum Gasteiger partial charge on any atom is -0.390 e. The van der Waals surface area contributed by atoms with E-state index in [1.54, 1.807) is 0 Å². The highest BCUT2D eigenvalue weighted by Crippen LogP contribution is 2.22. The first-order chi connectivity index (χ1) is 28.7. The van der Waals surface area contributed by atoms with Gasteiger partial charge < -0.3 is 41.3 Å². The summed E-state index contributed by atoms with van der Waals surface area (Å²) in [6.45, 7) is 4.57. The summed E-state index contributed by atoms with van der Waals surface area (Å²) in [6.07, 6.45) is 38.0. The number of carbonyl (C=O) groups is 1. The lowest BCUT2D eigenvalue weighted by molar-refractivity contribution is -0.147. The molecule has 1 aliphatic rings. The fourth-order valence-electron chi connectivity index (χ4n) is 8.93. The van der Waals surface area contributed by atoms with E-state index in [-0.39, 0.29) is 18.9 Å². The molecule has 0 bridgehead atoms. The largest absolute Gasteiger partial charge is 0.390 e. The molecule has 1 amide bonds. The summed E-state index contributed by atoms with van der Waals surface area (Å²) in [5.74, 6) is -0.184. The van der Waals surface area contributed by atoms with Crippen LogP contribution in [0.2, 0.25) is 0 Å². The first-order valence-corrected chi connectivity index (χ1v) is 25.8. The smallest absolute Gasteiger partial charge is 0.220 e. The van der Waals surface area contributed by atoms with Gasteiger partial charge in [-0.15, -0.1) is 0 Å². The predicted molar refractivity (Wildman–Crippen MR) is 247 cm³/mol. The third-order valence-electron chi connectivity index (χ3n) is 13.1. The van der Waals surface area contributed by atoms with Gasteiger partial charge in [0.05, 0.1) is 24.4 Å². The molecule has 1 saturated carbocycles. The number of amides is 1. The van der Waals surface area contributed by atoms with Gasteiger partial charge in [0.2, 0.25) is 5.91 Å². The number of rotatable bonds is 43. The maximum Gasteiger partial charge on any atom is 0.220 e. The average molecular weight is 841 g/mol. The van der Waals surface area contributed by atoms with Gasteiger partial charge in [0.25, 0.3) is 0 Å². The molecular formula is C50H100N2O7. The van der Waals surface area contributed by atoms with Crippen LogP contribution < -0.4 is 10.6 Å². The Morgan fingerprint density at radius 2 is 0.814 bits per heavy atom. The van der Waals surface area contributed by atoms with Crippen LogP contribution in [0, 0.1) is 0 Å². The van der Waals surface area contributed by atoms with Gasteiger partial charge in [0, 0.05) is 19.0 Å². The summed E-state index contributed by atoms with van der Waals surface area (Å²) >= 11 is 0. The molecule has 8 N–H and O–H groups in total. The van der Waals surface area contributed by atoms with E-state index < -0.39 is 48.7 Å². The number of nitrogens with one attached hydrogen (secondary N) is 2. The third kappa shape index (κ3) is 30.8. The molecule has 0 aromatic rings. The molecule has 59 heavy (non-hydrogen) atoms. The van der Waals surface area contributed by atoms with E-state index in [0.717, 1.165) is 38.5 Å². The Labute approximate surface area is 364 Å². The van der Waals surface area contributed by atoms with Crippen LogP contribution in [-0.2, 0) is 4.79 Å². The van der Waals surface area contributed by atoms with Crippen LogP contribution in [0.1, 0.15) is 258 Å². The first kappa shape index (κ1) is 56.2. The summed E-state index contributed by atoms with van der Waals surface area (Å²) in [6, 6.07) is -1.56. The SMILES string of the molecule is CCCCCCCCCCCCCCCCCCCCCCCCCC(=O)N[C@@H](CN[C@H]1C[C@H](O)[C@@H](O)[C@H](O)[C@H]1O)[C@H](O)[C@H](O)CCCCCCCCCCCCCC. The van der Waals surface area contributed by atoms with E-state index >= 15 is 0 Å². The topological polar surface area (TPSA) is 163 Å². The van der Waals surface area contributed by atoms with Crippen LogP contribution in [0.25, 0.3) is 0 Å². The van der Waals surface area contributed by atoms with Crippen LogP contribution in [0.4, 0.5) is 0 Å². The van der Waals surface area contributed by atoms with Gasteiger partial charge in [-0.05, 0) is 19.3 Å². The molecule has 0 saturated heterocycles. The van der Waals surface area contributed by atoms with E-state index in [1.807, 2.05) is 0 Å². The lowest BCUT2D eigenvalue weighted by atomic mass is 9.85. The molecule has 0 aromatic carbocycles. The van der Waals surface area contributed by atoms with Gasteiger partial charge in [-0.1, -0.05) is 232 Å². The van der Waals surface area contributed by atoms with Crippen LogP contribution in [0.15, 0.2) is 0 Å². The molecule has 1 fully saturated rings. The maximum absolute atomic E-state index is 13.0. The van der Waals surface area contributed by atoms with Crippen molar-refractivity contribution in [3.8, 4) is 0 Å². The minimum absolute atomic E-state index is 0.0110. The highest BCUT2D eigenvalue weighted by Gasteiger charge is 2.42. The van der Waals surface area contributed by atoms with Gasteiger partial charge >= 0.3 is 0 Å². The molecule has 9 nitrogen and oxygen atoms in total. The second kappa shape index (κ2) is 40.0. The zero-order chi connectivity index (χ0) is 43.2. The van der Waals surface area contributed by atoms with Crippen LogP contribution >= 0.6 is 0 Å². The van der Waals surface area contributed by atoms with Crippen molar-refractivity contribution in [3.63, 3.8) is 0 Å². The minimum atomic E-state index is -1.51. The molecule has 0 spiro atoms. The first-order valence-electron chi connectivity index (χ1n) is 25.8. The number of hydrogen-bond donors (Lipinski definition) is 8. The summed E-state index contributed by atoms with van der Waals surface area (Å²) in [7, 11) is 0. The Hall–Kier alpha value is -0.810. The molecule has 9 heteroatoms. The average Bonchev–Trinajstić information content (AvgIpc) is 3.23. The van der Waals surface area contributed by atoms with Gasteiger partial charge in [0.1, 0.15) is 18.3 Å². The van der Waals surface area contributed by atoms with E-state index in [2.05, 4.69) is 24.5 Å². The standard InChI is InChI=1S/C50H100N2O7/c1-3-5-7-9-11-13-15-17-18-19-20-21-22-23-24-25-26-27-29-31-33-35-37-39-46(55)52-43(41-51-42-40-45(54)49(58)50(59)48(42)57)47(56)44(53)38-36-34-32-30-28-16-14-12-10-8-6-4-2/h42-45,47-51,53-54,56-59H,3-41H2,1-2H3,(H,52,55)/t42-,43-,44+,45-,47-,48-,49+,50+/m0/s1. The Bertz CT molecular complexity index is 912. The summed E-state index contributed by atoms with van der Waals surface area (Å²) in [4.78, 5) is 13.0. The number of unbranched alkanes of at least 4 members (excludes halogenated alkanes) is 33. The second-order valence-corrected chi connectivity index (χ2v) is 18.7. The van der Waals surface area contributed by atoms with Crippen molar-refractivity contribution in [2.75, 3.05) is 6.54 Å². The molecule has 1 rings (SSSR count). The fraction of sp³-hybridized carbons (Fsp3) is 0.980. The molecule has 0 heterocycles. The Balaban J connectivity index is 2.23. The summed E-state index contributed by atoms with van der Waals surface area (Å²) < 4.78 is 0. The van der Waals surface area contributed by atoms with Crippen molar-refractivity contribution in [1.29, 1.82) is 0 Å². The van der Waals surface area contributed by atoms with Crippen LogP contribution in [0.5, 0.6) is 0 Å². The lowest BCUT2D eigenvalue weighted by Crippen LogP contribution is -2.62. The Kier molecular flexibility index (Phi) is 38.1. The Morgan fingerprint density at radius 1 is 0.475 bits per heavy atom. The second-order valence-electron chi connectivity index (χ2n) is 18.7. The third-order valence-corrected chi connectivity index (χ3v) is 13.1. The lowest BCUT2D eigenvalue weighted by Gasteiger charge is -2.39. The summed E-state index contributed by atoms with van der Waals surface area (Å²) in [5, 5.41) is 69.0. The highest BCUT2D eigenvalue weighted by atomic mass is 16.4. The fourth-order valence-corrected chi connectivity index (χ4v) is 8.93. The number of carbonyl (C=O) groups excluding carboxylic acids is 1. The molecule has 0 unspecified atom stereocenters. The monoisotopic (exact) mass is 841 g/mol. The number of aliphatic hydroxyl groups is 6. The van der Waals surface area contributed by atoms with Crippen molar-refractivity contribution in [2.45, 2.75) is 307 Å². The quantitative estimate of drug-likeness (QED) is 0.0281. The van der Waals surface area contributed by atoms with E-state index in [9.17, 15) is 35.4 Å². The van der Waals surface area contributed by atoms with Crippen LogP contribution in [0.3, 0.4) is 0 Å². The molecule has 0 radical (unpaired) electrons. The highest BCUT2D eigenvalue weighted by molar-refractivity contribution is 5.76. The molecular weight excluding hydrogens is 741 g/mol. The van der Waals surface area contributed by atoms with E-state index in [4.69, 9.17) is 0 Å². The van der Waals surface area contributed by atoms with E-state index in [1.165, 1.54) is 186 Å². The predicted octanol–water partition coefficient (Wildman–Crippen LogP) is 10.5. The zero-order valence-electron chi connectivity index (χ0n) is 38.8. The summed E-state index contributed by atoms with van der Waals surface area (Å²) in [5.41, 5.74) is 0. The Morgan fingerprint density at radius 3 is 1.19 bits per heavy atom.